The summed E-state index contributed by atoms with van der Waals surface area (Å²) in [5.74, 6) is 1.41. The number of aryl methyl sites for hydroxylation is 2. The van der Waals surface area contributed by atoms with E-state index in [1.807, 2.05) is 37.3 Å². The first-order chi connectivity index (χ1) is 14.7. The van der Waals surface area contributed by atoms with Crippen LogP contribution in [-0.2, 0) is 6.54 Å². The molecule has 0 N–H and O–H groups in total. The van der Waals surface area contributed by atoms with Gasteiger partial charge in [-0.2, -0.15) is 0 Å². The van der Waals surface area contributed by atoms with Crippen molar-refractivity contribution in [1.29, 1.82) is 0 Å². The predicted octanol–water partition coefficient (Wildman–Crippen LogP) is 5.54. The van der Waals surface area contributed by atoms with Gasteiger partial charge >= 0.3 is 0 Å². The third-order valence-corrected chi connectivity index (χ3v) is 6.64. The van der Waals surface area contributed by atoms with Gasteiger partial charge in [0.15, 0.2) is 10.9 Å². The highest BCUT2D eigenvalue weighted by Crippen LogP contribution is 2.39. The zero-order valence-corrected chi connectivity index (χ0v) is 18.0. The van der Waals surface area contributed by atoms with Crippen LogP contribution in [0.25, 0.3) is 22.2 Å². The van der Waals surface area contributed by atoms with Gasteiger partial charge in [0.1, 0.15) is 5.82 Å². The van der Waals surface area contributed by atoms with Gasteiger partial charge in [0.25, 0.3) is 0 Å². The molecule has 0 aliphatic heterocycles. The van der Waals surface area contributed by atoms with Crippen LogP contribution in [0.5, 0.6) is 0 Å². The number of hydrogen-bond donors (Lipinski definition) is 0. The van der Waals surface area contributed by atoms with E-state index in [9.17, 15) is 4.79 Å². The minimum Gasteiger partial charge on any atom is -0.340 e. The highest BCUT2D eigenvalue weighted by atomic mass is 32.2. The first-order valence-electron chi connectivity index (χ1n) is 10.4. The van der Waals surface area contributed by atoms with Crippen molar-refractivity contribution in [1.82, 2.24) is 19.3 Å². The molecule has 0 atom stereocenters. The van der Waals surface area contributed by atoms with Crippen LogP contribution in [0, 0.1) is 6.92 Å². The van der Waals surface area contributed by atoms with Gasteiger partial charge in [-0.05, 0) is 38.3 Å². The first kappa shape index (κ1) is 19.1. The van der Waals surface area contributed by atoms with Gasteiger partial charge in [0, 0.05) is 23.5 Å². The number of fused-ring (bicyclic) bond motifs is 1. The van der Waals surface area contributed by atoms with Crippen molar-refractivity contribution in [2.24, 2.45) is 0 Å². The summed E-state index contributed by atoms with van der Waals surface area (Å²) in [5.41, 5.74) is 3.98. The fourth-order valence-corrected chi connectivity index (χ4v) is 5.14. The Balaban J connectivity index is 1.56. The van der Waals surface area contributed by atoms with E-state index in [4.69, 9.17) is 0 Å². The van der Waals surface area contributed by atoms with Crippen LogP contribution in [0.15, 0.2) is 59.8 Å². The second-order valence-electron chi connectivity index (χ2n) is 7.69. The molecule has 5 nitrogen and oxygen atoms in total. The fourth-order valence-electron chi connectivity index (χ4n) is 4.21. The maximum atomic E-state index is 13.6. The van der Waals surface area contributed by atoms with Crippen LogP contribution in [0.1, 0.15) is 42.0 Å². The Morgan fingerprint density at radius 3 is 2.53 bits per heavy atom. The Morgan fingerprint density at radius 2 is 1.80 bits per heavy atom. The maximum Gasteiger partial charge on any atom is 0.191 e. The number of benzene rings is 2. The number of aromatic nitrogens is 4. The summed E-state index contributed by atoms with van der Waals surface area (Å²) < 4.78 is 4.44. The summed E-state index contributed by atoms with van der Waals surface area (Å²) >= 11 is 1.50. The number of thioether (sulfide) groups is 1. The van der Waals surface area contributed by atoms with Crippen LogP contribution in [0.3, 0.4) is 0 Å². The monoisotopic (exact) mass is 416 g/mol. The summed E-state index contributed by atoms with van der Waals surface area (Å²) in [5, 5.41) is 10.4. The summed E-state index contributed by atoms with van der Waals surface area (Å²) in [6, 6.07) is 18.9. The van der Waals surface area contributed by atoms with Gasteiger partial charge in [-0.15, -0.1) is 10.2 Å². The van der Waals surface area contributed by atoms with E-state index in [0.717, 1.165) is 45.2 Å². The van der Waals surface area contributed by atoms with Crippen molar-refractivity contribution in [3.63, 3.8) is 0 Å². The minimum absolute atomic E-state index is 0.130. The highest BCUT2D eigenvalue weighted by Gasteiger charge is 2.29. The third kappa shape index (κ3) is 3.25. The lowest BCUT2D eigenvalue weighted by Gasteiger charge is -2.10. The molecule has 1 aliphatic carbocycles. The van der Waals surface area contributed by atoms with Gasteiger partial charge in [0.05, 0.1) is 17.0 Å². The Labute approximate surface area is 180 Å². The van der Waals surface area contributed by atoms with Crippen molar-refractivity contribution < 1.29 is 4.79 Å². The Hall–Kier alpha value is -2.86. The molecule has 0 bridgehead atoms. The lowest BCUT2D eigenvalue weighted by molar-refractivity contribution is 0.102. The summed E-state index contributed by atoms with van der Waals surface area (Å²) in [6.07, 6.45) is 2.34. The Kier molecular flexibility index (Phi) is 4.95. The molecule has 0 amide bonds. The molecule has 2 heterocycles. The van der Waals surface area contributed by atoms with Crippen molar-refractivity contribution in [3.05, 3.63) is 66.0 Å². The number of ketones is 1. The van der Waals surface area contributed by atoms with E-state index >= 15 is 0 Å². The van der Waals surface area contributed by atoms with Crippen LogP contribution in [0.2, 0.25) is 0 Å². The molecule has 1 aliphatic rings. The highest BCUT2D eigenvalue weighted by molar-refractivity contribution is 7.99. The Bertz CT molecular complexity index is 1220. The molecule has 2 aromatic carbocycles. The molecule has 1 fully saturated rings. The minimum atomic E-state index is 0.130. The molecular formula is C24H24N4OS. The maximum absolute atomic E-state index is 13.6. The lowest BCUT2D eigenvalue weighted by atomic mass is 10.0. The van der Waals surface area contributed by atoms with Crippen LogP contribution in [0.4, 0.5) is 0 Å². The Morgan fingerprint density at radius 1 is 1.07 bits per heavy atom. The molecule has 152 valence electrons. The molecule has 6 heteroatoms. The molecule has 0 saturated heterocycles. The second-order valence-corrected chi connectivity index (χ2v) is 8.64. The molecule has 4 aromatic rings. The topological polar surface area (TPSA) is 52.7 Å². The van der Waals surface area contributed by atoms with Crippen molar-refractivity contribution >= 4 is 28.4 Å². The molecule has 0 radical (unpaired) electrons. The van der Waals surface area contributed by atoms with E-state index < -0.39 is 0 Å². The van der Waals surface area contributed by atoms with Gasteiger partial charge in [-0.1, -0.05) is 60.3 Å². The fraction of sp³-hybridized carbons (Fsp3) is 0.292. The molecule has 30 heavy (non-hydrogen) atoms. The quantitative estimate of drug-likeness (QED) is 0.293. The van der Waals surface area contributed by atoms with Crippen molar-refractivity contribution in [2.45, 2.75) is 44.4 Å². The number of carbonyl (C=O) groups excluding carboxylic acids is 1. The zero-order valence-electron chi connectivity index (χ0n) is 17.2. The van der Waals surface area contributed by atoms with Gasteiger partial charge in [0.2, 0.25) is 0 Å². The van der Waals surface area contributed by atoms with Crippen LogP contribution in [-0.4, -0.2) is 30.9 Å². The molecule has 0 unspecified atom stereocenters. The average Bonchev–Trinajstić information content (AvgIpc) is 3.46. The first-order valence-corrected chi connectivity index (χ1v) is 11.4. The van der Waals surface area contributed by atoms with E-state index in [0.29, 0.717) is 11.8 Å². The summed E-state index contributed by atoms with van der Waals surface area (Å²) in [7, 11) is 0. The van der Waals surface area contributed by atoms with E-state index in [1.54, 1.807) is 0 Å². The number of rotatable bonds is 7. The van der Waals surface area contributed by atoms with Gasteiger partial charge in [-0.3, -0.25) is 4.79 Å². The molecule has 2 aromatic heterocycles. The second kappa shape index (κ2) is 7.76. The van der Waals surface area contributed by atoms with Gasteiger partial charge in [-0.25, -0.2) is 0 Å². The largest absolute Gasteiger partial charge is 0.340 e. The number of para-hydroxylation sites is 1. The number of Topliss-reactive ketones (excluding diaryl/α,β-unsaturated/α-hetero) is 1. The number of hydrogen-bond acceptors (Lipinski definition) is 4. The van der Waals surface area contributed by atoms with Crippen molar-refractivity contribution in [2.75, 3.05) is 5.75 Å². The average molecular weight is 417 g/mol. The predicted molar refractivity (Wildman–Crippen MR) is 121 cm³/mol. The van der Waals surface area contributed by atoms with Gasteiger partial charge < -0.3 is 9.13 Å². The van der Waals surface area contributed by atoms with Crippen molar-refractivity contribution in [3.8, 4) is 11.3 Å². The van der Waals surface area contributed by atoms with E-state index in [-0.39, 0.29) is 5.78 Å². The molecule has 1 saturated carbocycles. The zero-order chi connectivity index (χ0) is 20.7. The van der Waals surface area contributed by atoms with E-state index in [1.165, 1.54) is 24.6 Å². The lowest BCUT2D eigenvalue weighted by Crippen LogP contribution is -2.07. The smallest absolute Gasteiger partial charge is 0.191 e. The van der Waals surface area contributed by atoms with E-state index in [2.05, 4.69) is 50.5 Å². The SMILES string of the molecule is CCn1c(-c2ccccc2)c(C(=O)CSc2nnc(C)n2C2CC2)c2ccccc21. The van der Waals surface area contributed by atoms with Crippen LogP contribution >= 0.6 is 11.8 Å². The molecule has 0 spiro atoms. The summed E-state index contributed by atoms with van der Waals surface area (Å²) in [6.45, 7) is 4.92. The molecular weight excluding hydrogens is 392 g/mol. The molecule has 5 rings (SSSR count). The standard InChI is InChI=1S/C24H24N4OS/c1-3-27-20-12-8-7-11-19(20)22(23(27)17-9-5-4-6-10-17)21(29)15-30-24-26-25-16(2)28(24)18-13-14-18/h4-12,18H,3,13-15H2,1-2H3. The third-order valence-electron chi connectivity index (χ3n) is 5.69. The number of nitrogens with zero attached hydrogens (tertiary/aromatic N) is 4. The summed E-state index contributed by atoms with van der Waals surface area (Å²) in [4.78, 5) is 13.6. The normalized spacial score (nSPS) is 13.8. The van der Waals surface area contributed by atoms with Crippen LogP contribution < -0.4 is 0 Å². The number of carbonyl (C=O) groups is 1.